The molecule has 0 bridgehead atoms. The Morgan fingerprint density at radius 1 is 1.44 bits per heavy atom. The summed E-state index contributed by atoms with van der Waals surface area (Å²) < 4.78 is 25.3. The van der Waals surface area contributed by atoms with Gasteiger partial charge < -0.3 is 5.11 Å². The number of rotatable bonds is 3. The number of nitrogens with zero attached hydrogens (tertiary/aromatic N) is 1. The molecule has 0 saturated carbocycles. The average molecular weight is 269 g/mol. The van der Waals surface area contributed by atoms with Gasteiger partial charge in [0.1, 0.15) is 0 Å². The number of aryl methyl sites for hydroxylation is 1. The molecule has 18 heavy (non-hydrogen) atoms. The predicted octanol–water partition coefficient (Wildman–Crippen LogP) is 1.49. The molecular formula is C12H15NO4S. The van der Waals surface area contributed by atoms with Crippen LogP contribution in [0, 0.1) is 0 Å². The van der Waals surface area contributed by atoms with Crippen molar-refractivity contribution in [2.45, 2.75) is 19.8 Å². The Labute approximate surface area is 106 Å². The van der Waals surface area contributed by atoms with E-state index in [1.165, 1.54) is 10.4 Å². The normalized spacial score (nSPS) is 15.3. The smallest absolute Gasteiger partial charge is 0.335 e. The van der Waals surface area contributed by atoms with Gasteiger partial charge in [0, 0.05) is 6.54 Å². The molecule has 0 unspecified atom stereocenters. The van der Waals surface area contributed by atoms with E-state index in [9.17, 15) is 13.2 Å². The molecule has 1 aromatic rings. The fraction of sp³-hybridized carbons (Fsp3) is 0.417. The summed E-state index contributed by atoms with van der Waals surface area (Å²) in [4.78, 5) is 10.9. The Balaban J connectivity index is 2.49. The first-order chi connectivity index (χ1) is 8.45. The highest BCUT2D eigenvalue weighted by molar-refractivity contribution is 7.92. The highest BCUT2D eigenvalue weighted by atomic mass is 32.2. The van der Waals surface area contributed by atoms with Crippen molar-refractivity contribution in [2.75, 3.05) is 16.6 Å². The fourth-order valence-electron chi connectivity index (χ4n) is 2.14. The van der Waals surface area contributed by atoms with Crippen LogP contribution in [0.25, 0.3) is 0 Å². The van der Waals surface area contributed by atoms with Crippen molar-refractivity contribution in [1.29, 1.82) is 0 Å². The second kappa shape index (κ2) is 4.61. The Hall–Kier alpha value is -1.56. The lowest BCUT2D eigenvalue weighted by molar-refractivity contribution is 0.0697. The zero-order chi connectivity index (χ0) is 13.3. The van der Waals surface area contributed by atoms with Gasteiger partial charge in [-0.1, -0.05) is 0 Å². The molecule has 0 amide bonds. The summed E-state index contributed by atoms with van der Waals surface area (Å²) >= 11 is 0. The minimum Gasteiger partial charge on any atom is -0.478 e. The molecule has 0 aliphatic carbocycles. The summed E-state index contributed by atoms with van der Waals surface area (Å²) in [5.74, 6) is -0.944. The van der Waals surface area contributed by atoms with E-state index in [-0.39, 0.29) is 11.3 Å². The van der Waals surface area contributed by atoms with Gasteiger partial charge in [0.05, 0.1) is 17.0 Å². The molecule has 6 heteroatoms. The third-order valence-corrected chi connectivity index (χ3v) is 4.88. The van der Waals surface area contributed by atoms with E-state index in [4.69, 9.17) is 5.11 Å². The lowest BCUT2D eigenvalue weighted by atomic mass is 10.0. The summed E-state index contributed by atoms with van der Waals surface area (Å²) in [5, 5.41) is 8.93. The van der Waals surface area contributed by atoms with E-state index in [0.29, 0.717) is 18.7 Å². The number of hydrogen-bond donors (Lipinski definition) is 1. The first-order valence-electron chi connectivity index (χ1n) is 5.82. The van der Waals surface area contributed by atoms with Crippen LogP contribution in [-0.4, -0.2) is 31.8 Å². The van der Waals surface area contributed by atoms with Gasteiger partial charge >= 0.3 is 5.97 Å². The summed E-state index contributed by atoms with van der Waals surface area (Å²) in [5.41, 5.74) is 1.61. The van der Waals surface area contributed by atoms with E-state index in [2.05, 4.69) is 0 Å². The van der Waals surface area contributed by atoms with Gasteiger partial charge in [0.25, 0.3) is 0 Å². The third kappa shape index (κ3) is 2.20. The van der Waals surface area contributed by atoms with Gasteiger partial charge in [-0.2, -0.15) is 0 Å². The molecule has 98 valence electrons. The Kier molecular flexibility index (Phi) is 3.30. The zero-order valence-corrected chi connectivity index (χ0v) is 10.9. The number of carboxylic acids is 1. The van der Waals surface area contributed by atoms with Crippen molar-refractivity contribution >= 4 is 21.7 Å². The van der Waals surface area contributed by atoms with Crippen molar-refractivity contribution in [2.24, 2.45) is 0 Å². The maximum atomic E-state index is 11.9. The van der Waals surface area contributed by atoms with Crippen LogP contribution in [0.1, 0.15) is 29.3 Å². The topological polar surface area (TPSA) is 74.7 Å². The Morgan fingerprint density at radius 2 is 2.17 bits per heavy atom. The van der Waals surface area contributed by atoms with Gasteiger partial charge in [-0.3, -0.25) is 4.31 Å². The second-order valence-electron chi connectivity index (χ2n) is 4.22. The molecule has 0 atom stereocenters. The van der Waals surface area contributed by atoms with Gasteiger partial charge in [-0.25, -0.2) is 13.2 Å². The summed E-state index contributed by atoms with van der Waals surface area (Å²) in [7, 11) is -3.28. The molecule has 1 aliphatic heterocycles. The van der Waals surface area contributed by atoms with Crippen molar-refractivity contribution in [1.82, 2.24) is 0 Å². The van der Waals surface area contributed by atoms with Crippen LogP contribution in [-0.2, 0) is 16.4 Å². The second-order valence-corrected chi connectivity index (χ2v) is 6.41. The molecule has 2 rings (SSSR count). The zero-order valence-electron chi connectivity index (χ0n) is 10.1. The predicted molar refractivity (Wildman–Crippen MR) is 68.5 cm³/mol. The molecule has 0 aromatic heterocycles. The van der Waals surface area contributed by atoms with E-state index in [1.54, 1.807) is 19.1 Å². The SMILES string of the molecule is CCS(=O)(=O)N1CCCc2cc(C(=O)O)ccc21. The maximum absolute atomic E-state index is 11.9. The van der Waals surface area contributed by atoms with Gasteiger partial charge in [-0.15, -0.1) is 0 Å². The standard InChI is InChI=1S/C12H15NO4S/c1-2-18(16,17)13-7-3-4-9-8-10(12(14)15)5-6-11(9)13/h5-6,8H,2-4,7H2,1H3,(H,14,15). The van der Waals surface area contributed by atoms with Crippen LogP contribution in [0.2, 0.25) is 0 Å². The average Bonchev–Trinajstić information content (AvgIpc) is 2.37. The van der Waals surface area contributed by atoms with Gasteiger partial charge in [-0.05, 0) is 43.5 Å². The quantitative estimate of drug-likeness (QED) is 0.902. The first kappa shape index (κ1) is 12.9. The lowest BCUT2D eigenvalue weighted by Gasteiger charge is -2.30. The van der Waals surface area contributed by atoms with Crippen LogP contribution in [0.4, 0.5) is 5.69 Å². The minimum absolute atomic E-state index is 0.0487. The summed E-state index contributed by atoms with van der Waals surface area (Å²) in [6, 6.07) is 4.60. The van der Waals surface area contributed by atoms with Crippen molar-refractivity contribution in [3.05, 3.63) is 29.3 Å². The third-order valence-electron chi connectivity index (χ3n) is 3.10. The molecule has 1 aliphatic rings. The van der Waals surface area contributed by atoms with Crippen LogP contribution >= 0.6 is 0 Å². The van der Waals surface area contributed by atoms with E-state index >= 15 is 0 Å². The summed E-state index contributed by atoms with van der Waals surface area (Å²) in [6.45, 7) is 2.07. The molecule has 5 nitrogen and oxygen atoms in total. The molecule has 1 aromatic carbocycles. The monoisotopic (exact) mass is 269 g/mol. The molecular weight excluding hydrogens is 254 g/mol. The van der Waals surface area contributed by atoms with E-state index in [0.717, 1.165) is 12.0 Å². The molecule has 0 radical (unpaired) electrons. The van der Waals surface area contributed by atoms with Crippen LogP contribution < -0.4 is 4.31 Å². The highest BCUT2D eigenvalue weighted by Gasteiger charge is 2.26. The first-order valence-corrected chi connectivity index (χ1v) is 7.43. The van der Waals surface area contributed by atoms with Gasteiger partial charge in [0.2, 0.25) is 10.0 Å². The fourth-order valence-corrected chi connectivity index (χ4v) is 3.34. The lowest BCUT2D eigenvalue weighted by Crippen LogP contribution is -2.36. The van der Waals surface area contributed by atoms with Crippen molar-refractivity contribution < 1.29 is 18.3 Å². The number of carboxylic acid groups (broad SMARTS) is 1. The number of benzene rings is 1. The molecule has 1 heterocycles. The minimum atomic E-state index is -3.28. The summed E-state index contributed by atoms with van der Waals surface area (Å²) in [6.07, 6.45) is 1.43. The molecule has 0 spiro atoms. The highest BCUT2D eigenvalue weighted by Crippen LogP contribution is 2.30. The van der Waals surface area contributed by atoms with E-state index < -0.39 is 16.0 Å². The number of anilines is 1. The number of carbonyl (C=O) groups is 1. The van der Waals surface area contributed by atoms with E-state index in [1.807, 2.05) is 0 Å². The number of hydrogen-bond acceptors (Lipinski definition) is 3. The number of sulfonamides is 1. The van der Waals surface area contributed by atoms with Crippen molar-refractivity contribution in [3.63, 3.8) is 0 Å². The Bertz CT molecular complexity index is 580. The maximum Gasteiger partial charge on any atom is 0.335 e. The molecule has 0 saturated heterocycles. The number of aromatic carboxylic acids is 1. The Morgan fingerprint density at radius 3 is 2.78 bits per heavy atom. The van der Waals surface area contributed by atoms with Crippen LogP contribution in [0.5, 0.6) is 0 Å². The van der Waals surface area contributed by atoms with Crippen LogP contribution in [0.3, 0.4) is 0 Å². The largest absolute Gasteiger partial charge is 0.478 e. The van der Waals surface area contributed by atoms with Crippen LogP contribution in [0.15, 0.2) is 18.2 Å². The number of fused-ring (bicyclic) bond motifs is 1. The van der Waals surface area contributed by atoms with Crippen molar-refractivity contribution in [3.8, 4) is 0 Å². The molecule has 1 N–H and O–H groups in total. The molecule has 0 fully saturated rings. The van der Waals surface area contributed by atoms with Gasteiger partial charge in [0.15, 0.2) is 0 Å².